The average molecular weight is 603 g/mol. The van der Waals surface area contributed by atoms with Gasteiger partial charge in [0.1, 0.15) is 11.6 Å². The number of carbonyl (C=O) groups is 4. The molecule has 6 heteroatoms. The third kappa shape index (κ3) is 4.18. The minimum absolute atomic E-state index is 0.0385. The fraction of sp³-hybridized carbons (Fsp3) is 0.737. The Labute approximate surface area is 261 Å². The van der Waals surface area contributed by atoms with E-state index in [9.17, 15) is 29.4 Å². The van der Waals surface area contributed by atoms with Gasteiger partial charge in [0.2, 0.25) is 0 Å². The summed E-state index contributed by atoms with van der Waals surface area (Å²) in [5.74, 6) is 3.05. The van der Waals surface area contributed by atoms with Crippen molar-refractivity contribution in [3.8, 4) is 0 Å². The van der Waals surface area contributed by atoms with E-state index in [1.165, 1.54) is 11.1 Å². The van der Waals surface area contributed by atoms with Crippen LogP contribution >= 0.6 is 0 Å². The summed E-state index contributed by atoms with van der Waals surface area (Å²) in [6, 6.07) is 0. The molecule has 0 aromatic carbocycles. The maximum Gasteiger partial charge on any atom is 0.178 e. The van der Waals surface area contributed by atoms with Gasteiger partial charge in [-0.3, -0.25) is 19.2 Å². The largest absolute Gasteiger partial charge is 0.393 e. The highest BCUT2D eigenvalue weighted by atomic mass is 16.3. The summed E-state index contributed by atoms with van der Waals surface area (Å²) in [6.45, 7) is 8.58. The molecular formula is C38H50O6. The van der Waals surface area contributed by atoms with Gasteiger partial charge >= 0.3 is 0 Å². The molecule has 0 aromatic rings. The van der Waals surface area contributed by atoms with E-state index in [0.29, 0.717) is 67.3 Å². The lowest BCUT2D eigenvalue weighted by Gasteiger charge is -2.58. The number of hydrogen-bond donors (Lipinski definition) is 2. The number of hydrogen-bond acceptors (Lipinski definition) is 6. The van der Waals surface area contributed by atoms with Crippen LogP contribution in [0.4, 0.5) is 0 Å². The van der Waals surface area contributed by atoms with Gasteiger partial charge < -0.3 is 10.2 Å². The van der Waals surface area contributed by atoms with Crippen molar-refractivity contribution in [2.75, 3.05) is 0 Å². The molecule has 0 saturated heterocycles. The second-order valence-corrected chi connectivity index (χ2v) is 16.7. The van der Waals surface area contributed by atoms with Crippen LogP contribution in [0.1, 0.15) is 105 Å². The Morgan fingerprint density at radius 3 is 1.80 bits per heavy atom. The molecule has 6 fully saturated rings. The molecular weight excluding hydrogens is 552 g/mol. The summed E-state index contributed by atoms with van der Waals surface area (Å²) < 4.78 is 0. The van der Waals surface area contributed by atoms with Crippen molar-refractivity contribution in [1.82, 2.24) is 0 Å². The summed E-state index contributed by atoms with van der Waals surface area (Å²) in [5.41, 5.74) is 1.55. The van der Waals surface area contributed by atoms with Crippen LogP contribution in [0.5, 0.6) is 0 Å². The molecule has 238 valence electrons. The molecule has 0 spiro atoms. The van der Waals surface area contributed by atoms with Gasteiger partial charge in [0.15, 0.2) is 11.6 Å². The van der Waals surface area contributed by atoms with Crippen LogP contribution in [0.25, 0.3) is 0 Å². The van der Waals surface area contributed by atoms with Gasteiger partial charge in [0.25, 0.3) is 0 Å². The highest BCUT2D eigenvalue weighted by molar-refractivity contribution is 6.01. The molecule has 0 aliphatic heterocycles. The van der Waals surface area contributed by atoms with Crippen LogP contribution in [0, 0.1) is 57.2 Å². The third-order valence-electron chi connectivity index (χ3n) is 14.8. The first kappa shape index (κ1) is 30.5. The van der Waals surface area contributed by atoms with E-state index < -0.39 is 12.2 Å². The molecule has 2 N–H and O–H groups in total. The molecule has 12 atom stereocenters. The van der Waals surface area contributed by atoms with Crippen molar-refractivity contribution in [3.63, 3.8) is 0 Å². The molecule has 8 rings (SSSR count). The average Bonchev–Trinajstić information content (AvgIpc) is 3.43. The van der Waals surface area contributed by atoms with E-state index in [2.05, 4.69) is 27.7 Å². The zero-order valence-electron chi connectivity index (χ0n) is 26.9. The van der Waals surface area contributed by atoms with Gasteiger partial charge in [-0.15, -0.1) is 0 Å². The van der Waals surface area contributed by atoms with Crippen LogP contribution in [-0.4, -0.2) is 45.6 Å². The maximum atomic E-state index is 12.4. The predicted octanol–water partition coefficient (Wildman–Crippen LogP) is 5.89. The van der Waals surface area contributed by atoms with E-state index in [-0.39, 0.29) is 45.1 Å². The number of aliphatic hydroxyl groups excluding tert-OH is 2. The van der Waals surface area contributed by atoms with Crippen molar-refractivity contribution < 1.29 is 29.4 Å². The number of ketones is 4. The minimum Gasteiger partial charge on any atom is -0.393 e. The van der Waals surface area contributed by atoms with E-state index in [0.717, 1.165) is 44.9 Å². The van der Waals surface area contributed by atoms with E-state index >= 15 is 0 Å². The van der Waals surface area contributed by atoms with Crippen LogP contribution in [0.2, 0.25) is 0 Å². The smallest absolute Gasteiger partial charge is 0.178 e. The number of aliphatic hydroxyl groups is 2. The molecule has 6 saturated carbocycles. The first-order valence-electron chi connectivity index (χ1n) is 17.3. The molecule has 8 aliphatic carbocycles. The van der Waals surface area contributed by atoms with E-state index in [1.54, 1.807) is 12.2 Å². The molecule has 0 bridgehead atoms. The van der Waals surface area contributed by atoms with Gasteiger partial charge in [-0.2, -0.15) is 0 Å². The molecule has 0 amide bonds. The van der Waals surface area contributed by atoms with Gasteiger partial charge in [0.05, 0.1) is 12.2 Å². The molecule has 0 aromatic heterocycles. The summed E-state index contributed by atoms with van der Waals surface area (Å²) >= 11 is 0. The monoisotopic (exact) mass is 602 g/mol. The van der Waals surface area contributed by atoms with Gasteiger partial charge in [0, 0.05) is 41.4 Å². The number of fused-ring (bicyclic) bond motifs is 10. The zero-order valence-corrected chi connectivity index (χ0v) is 26.9. The molecule has 0 unspecified atom stereocenters. The SMILES string of the molecule is C[C@]12C=CC(=O)C=C1CC[C@@H]1[C@@H]2[C@H](O)C[C@]2(C)C(=O)CC[C@@H]12.C[C@]12CCC(=O)C=C1CC[C@@H]1[C@@H]2[C@H](O)C[C@]2(C)C(=O)CC[C@@H]12. The molecule has 6 nitrogen and oxygen atoms in total. The zero-order chi connectivity index (χ0) is 31.4. The third-order valence-corrected chi connectivity index (χ3v) is 14.8. The summed E-state index contributed by atoms with van der Waals surface area (Å²) in [5, 5.41) is 21.8. The van der Waals surface area contributed by atoms with Crippen molar-refractivity contribution in [2.45, 2.75) is 117 Å². The Hall–Kier alpha value is -2.18. The lowest BCUT2D eigenvalue weighted by molar-refractivity contribution is -0.147. The van der Waals surface area contributed by atoms with Crippen LogP contribution in [0.3, 0.4) is 0 Å². The first-order valence-corrected chi connectivity index (χ1v) is 17.3. The Bertz CT molecular complexity index is 1400. The molecule has 8 aliphatic rings. The Kier molecular flexibility index (Phi) is 7.04. The van der Waals surface area contributed by atoms with Crippen LogP contribution in [0.15, 0.2) is 35.5 Å². The van der Waals surface area contributed by atoms with Crippen molar-refractivity contribution >= 4 is 23.1 Å². The summed E-state index contributed by atoms with van der Waals surface area (Å²) in [4.78, 5) is 48.3. The molecule has 0 heterocycles. The van der Waals surface area contributed by atoms with E-state index in [1.807, 2.05) is 12.2 Å². The minimum atomic E-state index is -0.458. The van der Waals surface area contributed by atoms with Gasteiger partial charge in [-0.1, -0.05) is 44.9 Å². The maximum absolute atomic E-state index is 12.4. The summed E-state index contributed by atoms with van der Waals surface area (Å²) in [6.07, 6.45) is 16.4. The second kappa shape index (κ2) is 10.2. The Morgan fingerprint density at radius 1 is 0.636 bits per heavy atom. The normalized spacial score (nSPS) is 50.6. The first-order chi connectivity index (χ1) is 20.7. The Balaban J connectivity index is 0.000000142. The van der Waals surface area contributed by atoms with Crippen molar-refractivity contribution in [3.05, 3.63) is 35.5 Å². The number of rotatable bonds is 0. The summed E-state index contributed by atoms with van der Waals surface area (Å²) in [7, 11) is 0. The Morgan fingerprint density at radius 2 is 1.18 bits per heavy atom. The molecule has 0 radical (unpaired) electrons. The fourth-order valence-corrected chi connectivity index (χ4v) is 12.6. The van der Waals surface area contributed by atoms with Crippen LogP contribution in [-0.2, 0) is 19.2 Å². The van der Waals surface area contributed by atoms with Crippen molar-refractivity contribution in [2.24, 2.45) is 57.2 Å². The molecule has 44 heavy (non-hydrogen) atoms. The highest BCUT2D eigenvalue weighted by Gasteiger charge is 2.63. The van der Waals surface area contributed by atoms with Gasteiger partial charge in [-0.25, -0.2) is 0 Å². The van der Waals surface area contributed by atoms with Crippen molar-refractivity contribution in [1.29, 1.82) is 0 Å². The highest BCUT2D eigenvalue weighted by Crippen LogP contribution is 2.65. The topological polar surface area (TPSA) is 109 Å². The number of allylic oxidation sites excluding steroid dienone is 5. The quantitative estimate of drug-likeness (QED) is 0.358. The number of carbonyl (C=O) groups excluding carboxylic acids is 4. The standard InChI is InChI=1S/C19H26O3.C19H24O3/c2*1-18-8-7-12(20)9-11(18)3-4-13-14-5-6-16(22)19(14,2)10-15(21)17(13)18/h9,13-15,17,21H,3-8,10H2,1-2H3;7-9,13-15,17,21H,3-6,10H2,1-2H3/t2*13-,14-,15+,17+,18-,19-/m00/s1. The lowest BCUT2D eigenvalue weighted by Crippen LogP contribution is -2.56. The predicted molar refractivity (Wildman–Crippen MR) is 166 cm³/mol. The second-order valence-electron chi connectivity index (χ2n) is 16.7. The van der Waals surface area contributed by atoms with Gasteiger partial charge in [-0.05, 0) is 111 Å². The number of Topliss-reactive ketones (excluding diaryl/α,β-unsaturated/α-hetero) is 2. The fourth-order valence-electron chi connectivity index (χ4n) is 12.6. The lowest BCUT2D eigenvalue weighted by atomic mass is 9.46. The van der Waals surface area contributed by atoms with Crippen LogP contribution < -0.4 is 0 Å². The van der Waals surface area contributed by atoms with E-state index in [4.69, 9.17) is 0 Å².